The van der Waals surface area contributed by atoms with E-state index >= 15 is 0 Å². The van der Waals surface area contributed by atoms with Crippen LogP contribution >= 0.6 is 23.4 Å². The van der Waals surface area contributed by atoms with E-state index in [4.69, 9.17) is 11.6 Å². The highest BCUT2D eigenvalue weighted by Crippen LogP contribution is 2.37. The highest BCUT2D eigenvalue weighted by atomic mass is 35.5. The molecule has 0 unspecified atom stereocenters. The zero-order valence-electron chi connectivity index (χ0n) is 14.9. The summed E-state index contributed by atoms with van der Waals surface area (Å²) in [6.07, 6.45) is 0.709. The van der Waals surface area contributed by atoms with Crippen LogP contribution in [0.15, 0.2) is 53.7 Å². The van der Waals surface area contributed by atoms with Gasteiger partial charge in [-0.25, -0.2) is 9.07 Å². The average Bonchev–Trinajstić information content (AvgIpc) is 3.11. The fourth-order valence-corrected chi connectivity index (χ4v) is 4.22. The summed E-state index contributed by atoms with van der Waals surface area (Å²) in [5.74, 6) is 0.223. The highest BCUT2D eigenvalue weighted by Gasteiger charge is 2.37. The average molecular weight is 418 g/mol. The van der Waals surface area contributed by atoms with Crippen molar-refractivity contribution in [1.82, 2.24) is 14.9 Å². The normalized spacial score (nSPS) is 18.2. The van der Waals surface area contributed by atoms with Gasteiger partial charge in [-0.05, 0) is 42.0 Å². The maximum absolute atomic E-state index is 13.1. The third-order valence-electron chi connectivity index (χ3n) is 4.42. The van der Waals surface area contributed by atoms with Gasteiger partial charge in [0.1, 0.15) is 11.1 Å². The second kappa shape index (κ2) is 7.81. The molecule has 0 spiro atoms. The van der Waals surface area contributed by atoms with Crippen LogP contribution in [0, 0.1) is 5.82 Å². The summed E-state index contributed by atoms with van der Waals surface area (Å²) < 4.78 is 15.0. The van der Waals surface area contributed by atoms with Gasteiger partial charge in [-0.1, -0.05) is 42.4 Å². The van der Waals surface area contributed by atoms with Crippen LogP contribution in [0.25, 0.3) is 0 Å². The Balaban J connectivity index is 1.66. The molecule has 0 aliphatic carbocycles. The molecule has 1 aliphatic heterocycles. The Morgan fingerprint density at radius 2 is 1.93 bits per heavy atom. The molecule has 4 rings (SSSR count). The van der Waals surface area contributed by atoms with Crippen molar-refractivity contribution in [3.05, 3.63) is 70.8 Å². The molecule has 6 nitrogen and oxygen atoms in total. The summed E-state index contributed by atoms with van der Waals surface area (Å²) in [4.78, 5) is 13.0. The van der Waals surface area contributed by atoms with Crippen molar-refractivity contribution < 1.29 is 9.18 Å². The van der Waals surface area contributed by atoms with E-state index < -0.39 is 5.25 Å². The number of halogens is 2. The van der Waals surface area contributed by atoms with Gasteiger partial charge in [0.05, 0.1) is 6.04 Å². The number of anilines is 1. The molecule has 3 aromatic rings. The van der Waals surface area contributed by atoms with Crippen LogP contribution < -0.4 is 10.7 Å². The topological polar surface area (TPSA) is 71.8 Å². The molecule has 28 heavy (non-hydrogen) atoms. The van der Waals surface area contributed by atoms with E-state index in [2.05, 4.69) is 20.9 Å². The first kappa shape index (κ1) is 18.8. The van der Waals surface area contributed by atoms with Crippen molar-refractivity contribution in [3.8, 4) is 0 Å². The Bertz CT molecular complexity index is 993. The maximum Gasteiger partial charge on any atom is 0.240 e. The molecular weight excluding hydrogens is 401 g/mol. The molecule has 2 heterocycles. The van der Waals surface area contributed by atoms with E-state index in [9.17, 15) is 9.18 Å². The van der Waals surface area contributed by atoms with Crippen molar-refractivity contribution in [2.45, 2.75) is 29.8 Å². The molecule has 0 fully saturated rings. The highest BCUT2D eigenvalue weighted by molar-refractivity contribution is 8.00. The SMILES string of the molecule is CCc1nnc2n1N[C@H](c1ccc(Cl)cc1)[C@@H](C(=O)Nc1ccc(F)cc1)S2. The molecule has 2 aromatic carbocycles. The number of aryl methyl sites for hydroxylation is 1. The van der Waals surface area contributed by atoms with E-state index in [1.165, 1.54) is 36.0 Å². The summed E-state index contributed by atoms with van der Waals surface area (Å²) in [6, 6.07) is 12.7. The van der Waals surface area contributed by atoms with Gasteiger partial charge in [0.25, 0.3) is 0 Å². The molecule has 0 saturated heterocycles. The predicted molar refractivity (Wildman–Crippen MR) is 108 cm³/mol. The Morgan fingerprint density at radius 3 is 2.61 bits per heavy atom. The molecule has 1 amide bonds. The van der Waals surface area contributed by atoms with E-state index in [0.717, 1.165) is 11.4 Å². The second-order valence-electron chi connectivity index (χ2n) is 6.28. The third kappa shape index (κ3) is 3.70. The minimum absolute atomic E-state index is 0.212. The quantitative estimate of drug-likeness (QED) is 0.670. The van der Waals surface area contributed by atoms with Crippen LogP contribution in [0.3, 0.4) is 0 Å². The number of hydrogen-bond donors (Lipinski definition) is 2. The van der Waals surface area contributed by atoms with Crippen molar-refractivity contribution in [3.63, 3.8) is 0 Å². The largest absolute Gasteiger partial charge is 0.325 e. The van der Waals surface area contributed by atoms with Gasteiger partial charge in [-0.15, -0.1) is 10.2 Å². The molecule has 2 N–H and O–H groups in total. The zero-order valence-corrected chi connectivity index (χ0v) is 16.5. The summed E-state index contributed by atoms with van der Waals surface area (Å²) in [6.45, 7) is 1.99. The standard InChI is InChI=1S/C19H17ClFN5OS/c1-2-15-23-24-19-26(15)25-16(11-3-5-12(20)6-4-11)17(28-19)18(27)22-14-9-7-13(21)8-10-14/h3-10,16-17,25H,2H2,1H3,(H,22,27)/t16-,17+/m1/s1. The number of fused-ring (bicyclic) bond motifs is 1. The minimum atomic E-state index is -0.507. The van der Waals surface area contributed by atoms with Crippen LogP contribution in [0.1, 0.15) is 24.4 Å². The number of nitrogens with zero attached hydrogens (tertiary/aromatic N) is 3. The zero-order chi connectivity index (χ0) is 19.7. The van der Waals surface area contributed by atoms with Crippen molar-refractivity contribution in [2.75, 3.05) is 10.7 Å². The molecule has 144 valence electrons. The van der Waals surface area contributed by atoms with Gasteiger partial charge in [0.2, 0.25) is 11.1 Å². The molecule has 9 heteroatoms. The maximum atomic E-state index is 13.1. The molecule has 2 atom stereocenters. The Labute approximate surface area is 170 Å². The van der Waals surface area contributed by atoms with E-state index in [1.807, 2.05) is 23.7 Å². The van der Waals surface area contributed by atoms with Gasteiger partial charge in [-0.3, -0.25) is 4.79 Å². The van der Waals surface area contributed by atoms with Crippen LogP contribution in [-0.4, -0.2) is 26.0 Å². The molecule has 0 saturated carbocycles. The van der Waals surface area contributed by atoms with Crippen LogP contribution in [0.4, 0.5) is 10.1 Å². The van der Waals surface area contributed by atoms with Gasteiger partial charge < -0.3 is 10.7 Å². The van der Waals surface area contributed by atoms with Crippen molar-refractivity contribution >= 4 is 35.0 Å². The lowest BCUT2D eigenvalue weighted by Gasteiger charge is -2.33. The molecule has 0 bridgehead atoms. The molecule has 1 aliphatic rings. The van der Waals surface area contributed by atoms with E-state index in [1.54, 1.807) is 12.1 Å². The Kier molecular flexibility index (Phi) is 5.23. The van der Waals surface area contributed by atoms with Crippen LogP contribution in [0.2, 0.25) is 5.02 Å². The van der Waals surface area contributed by atoms with E-state index in [-0.39, 0.29) is 17.8 Å². The summed E-state index contributed by atoms with van der Waals surface area (Å²) >= 11 is 7.36. The van der Waals surface area contributed by atoms with E-state index in [0.29, 0.717) is 22.3 Å². The predicted octanol–water partition coefficient (Wildman–Crippen LogP) is 4.03. The van der Waals surface area contributed by atoms with Gasteiger partial charge >= 0.3 is 0 Å². The molecule has 0 radical (unpaired) electrons. The number of hydrogen-bond acceptors (Lipinski definition) is 5. The third-order valence-corrected chi connectivity index (χ3v) is 5.89. The first-order chi connectivity index (χ1) is 13.5. The summed E-state index contributed by atoms with van der Waals surface area (Å²) in [5.41, 5.74) is 4.81. The molecular formula is C19H17ClFN5OS. The fourth-order valence-electron chi connectivity index (χ4n) is 2.99. The van der Waals surface area contributed by atoms with Crippen LogP contribution in [0.5, 0.6) is 0 Å². The first-order valence-electron chi connectivity index (χ1n) is 8.74. The first-order valence-corrected chi connectivity index (χ1v) is 10.0. The smallest absolute Gasteiger partial charge is 0.240 e. The van der Waals surface area contributed by atoms with Crippen LogP contribution in [-0.2, 0) is 11.2 Å². The second-order valence-corrected chi connectivity index (χ2v) is 7.83. The summed E-state index contributed by atoms with van der Waals surface area (Å²) in [7, 11) is 0. The number of carbonyl (C=O) groups excluding carboxylic acids is 1. The minimum Gasteiger partial charge on any atom is -0.325 e. The lowest BCUT2D eigenvalue weighted by molar-refractivity contribution is -0.116. The van der Waals surface area contributed by atoms with Gasteiger partial charge in [-0.2, -0.15) is 0 Å². The van der Waals surface area contributed by atoms with Crippen molar-refractivity contribution in [1.29, 1.82) is 0 Å². The molecule has 1 aromatic heterocycles. The number of thioether (sulfide) groups is 1. The number of carbonyl (C=O) groups is 1. The fraction of sp³-hybridized carbons (Fsp3) is 0.211. The lowest BCUT2D eigenvalue weighted by atomic mass is 10.0. The Morgan fingerprint density at radius 1 is 1.21 bits per heavy atom. The Hall–Kier alpha value is -2.58. The number of aromatic nitrogens is 3. The monoisotopic (exact) mass is 417 g/mol. The number of amides is 1. The van der Waals surface area contributed by atoms with Gasteiger partial charge in [0, 0.05) is 17.1 Å². The number of nitrogens with one attached hydrogen (secondary N) is 2. The number of rotatable bonds is 4. The lowest BCUT2D eigenvalue weighted by Crippen LogP contribution is -2.41. The van der Waals surface area contributed by atoms with Gasteiger partial charge in [0.15, 0.2) is 5.82 Å². The van der Waals surface area contributed by atoms with Crippen molar-refractivity contribution in [2.24, 2.45) is 0 Å². The number of benzene rings is 2. The summed E-state index contributed by atoms with van der Waals surface area (Å²) in [5, 5.41) is 12.0.